The molecule has 1 aliphatic heterocycles. The maximum Gasteiger partial charge on any atom is 0.173 e. The number of aryl methyl sites for hydroxylation is 1. The summed E-state index contributed by atoms with van der Waals surface area (Å²) in [6, 6.07) is 11.8. The van der Waals surface area contributed by atoms with Crippen LogP contribution in [0.2, 0.25) is 5.02 Å². The Hall–Kier alpha value is -1.69. The highest BCUT2D eigenvalue weighted by molar-refractivity contribution is 7.80. The first-order chi connectivity index (χ1) is 12.1. The molecular weight excluding hydrogens is 354 g/mol. The Bertz CT molecular complexity index is 720. The summed E-state index contributed by atoms with van der Waals surface area (Å²) in [5.74, 6) is 0. The van der Waals surface area contributed by atoms with Gasteiger partial charge < -0.3 is 15.0 Å². The van der Waals surface area contributed by atoms with Crippen LogP contribution in [0.1, 0.15) is 24.1 Å². The van der Waals surface area contributed by atoms with Gasteiger partial charge >= 0.3 is 0 Å². The maximum atomic E-state index is 6.33. The topological polar surface area (TPSA) is 37.4 Å². The van der Waals surface area contributed by atoms with Gasteiger partial charge in [0.1, 0.15) is 0 Å². The van der Waals surface area contributed by atoms with Gasteiger partial charge in [0.25, 0.3) is 0 Å². The third kappa shape index (κ3) is 5.14. The molecule has 0 spiro atoms. The molecule has 2 heterocycles. The van der Waals surface area contributed by atoms with Gasteiger partial charge in [-0.25, -0.2) is 0 Å². The largest absolute Gasteiger partial charge is 0.376 e. The second-order valence-electron chi connectivity index (χ2n) is 6.25. The van der Waals surface area contributed by atoms with Gasteiger partial charge in [0.05, 0.1) is 29.1 Å². The van der Waals surface area contributed by atoms with Gasteiger partial charge in [-0.05, 0) is 61.8 Å². The summed E-state index contributed by atoms with van der Waals surface area (Å²) in [5, 5.41) is 4.57. The molecule has 0 amide bonds. The predicted molar refractivity (Wildman–Crippen MR) is 106 cm³/mol. The van der Waals surface area contributed by atoms with Crippen molar-refractivity contribution in [2.24, 2.45) is 0 Å². The number of pyridine rings is 1. The number of nitrogens with zero attached hydrogens (tertiary/aromatic N) is 2. The van der Waals surface area contributed by atoms with Crippen LogP contribution in [0.4, 0.5) is 5.69 Å². The van der Waals surface area contributed by atoms with E-state index in [1.807, 2.05) is 43.3 Å². The minimum absolute atomic E-state index is 0.206. The zero-order valence-electron chi connectivity index (χ0n) is 14.2. The van der Waals surface area contributed by atoms with E-state index in [-0.39, 0.29) is 6.10 Å². The maximum absolute atomic E-state index is 6.33. The van der Waals surface area contributed by atoms with Gasteiger partial charge in [0.2, 0.25) is 0 Å². The molecule has 1 fully saturated rings. The van der Waals surface area contributed by atoms with Crippen LogP contribution in [0.5, 0.6) is 0 Å². The number of hydrogen-bond acceptors (Lipinski definition) is 3. The summed E-state index contributed by atoms with van der Waals surface area (Å²) in [5.41, 5.74) is 2.90. The molecular formula is C19H22ClN3OS. The molecule has 1 aromatic heterocycles. The summed E-state index contributed by atoms with van der Waals surface area (Å²) in [4.78, 5) is 6.52. The molecule has 2 aromatic rings. The molecule has 0 radical (unpaired) electrons. The van der Waals surface area contributed by atoms with E-state index in [1.54, 1.807) is 6.20 Å². The number of hydrogen-bond donors (Lipinski definition) is 1. The van der Waals surface area contributed by atoms with Gasteiger partial charge in [-0.1, -0.05) is 23.7 Å². The zero-order chi connectivity index (χ0) is 17.6. The smallest absolute Gasteiger partial charge is 0.173 e. The van der Waals surface area contributed by atoms with Gasteiger partial charge in [0.15, 0.2) is 5.11 Å². The Morgan fingerprint density at radius 3 is 2.96 bits per heavy atom. The Morgan fingerprint density at radius 2 is 2.28 bits per heavy atom. The van der Waals surface area contributed by atoms with Crippen molar-refractivity contribution in [1.29, 1.82) is 0 Å². The number of aromatic nitrogens is 1. The Kier molecular flexibility index (Phi) is 6.24. The summed E-state index contributed by atoms with van der Waals surface area (Å²) in [6.45, 7) is 4.22. The van der Waals surface area contributed by atoms with E-state index in [1.165, 1.54) is 0 Å². The van der Waals surface area contributed by atoms with Gasteiger partial charge in [-0.15, -0.1) is 0 Å². The molecule has 1 aromatic carbocycles. The van der Waals surface area contributed by atoms with Crippen molar-refractivity contribution in [2.75, 3.05) is 18.5 Å². The molecule has 0 saturated carbocycles. The average molecular weight is 376 g/mol. The van der Waals surface area contributed by atoms with Crippen LogP contribution in [0.3, 0.4) is 0 Å². The van der Waals surface area contributed by atoms with E-state index >= 15 is 0 Å². The minimum atomic E-state index is 0.206. The number of benzene rings is 1. The van der Waals surface area contributed by atoms with Crippen molar-refractivity contribution in [2.45, 2.75) is 32.4 Å². The molecule has 1 saturated heterocycles. The Balaban J connectivity index is 1.73. The highest BCUT2D eigenvalue weighted by Gasteiger charge is 2.21. The quantitative estimate of drug-likeness (QED) is 0.783. The van der Waals surface area contributed by atoms with Crippen molar-refractivity contribution in [3.05, 3.63) is 58.9 Å². The number of thiocarbonyl (C=S) groups is 1. The number of rotatable bonds is 5. The Labute approximate surface area is 159 Å². The predicted octanol–water partition coefficient (Wildman–Crippen LogP) is 4.42. The second kappa shape index (κ2) is 8.61. The van der Waals surface area contributed by atoms with Crippen LogP contribution in [-0.2, 0) is 11.3 Å². The minimum Gasteiger partial charge on any atom is -0.376 e. The third-order valence-electron chi connectivity index (χ3n) is 4.18. The molecule has 6 heteroatoms. The van der Waals surface area contributed by atoms with Crippen LogP contribution >= 0.6 is 23.8 Å². The molecule has 132 valence electrons. The van der Waals surface area contributed by atoms with Crippen LogP contribution < -0.4 is 5.32 Å². The standard InChI is InChI=1S/C19H22ClN3OS/c1-14-7-8-18(17(20)11-14)22-19(25)23(13-16-6-4-10-24-16)12-15-5-2-3-9-21-15/h2-3,5,7-9,11,16H,4,6,10,12-13H2,1H3,(H,22,25)/t16-/m0/s1. The van der Waals surface area contributed by atoms with Crippen LogP contribution in [0.15, 0.2) is 42.6 Å². The summed E-state index contributed by atoms with van der Waals surface area (Å²) >= 11 is 12.0. The summed E-state index contributed by atoms with van der Waals surface area (Å²) in [7, 11) is 0. The van der Waals surface area contributed by atoms with E-state index in [2.05, 4.69) is 15.2 Å². The fourth-order valence-electron chi connectivity index (χ4n) is 2.86. The lowest BCUT2D eigenvalue weighted by Crippen LogP contribution is -2.39. The Morgan fingerprint density at radius 1 is 1.40 bits per heavy atom. The SMILES string of the molecule is Cc1ccc(NC(=S)N(Cc2ccccn2)C[C@@H]2CCCO2)c(Cl)c1. The van der Waals surface area contributed by atoms with Crippen molar-refractivity contribution < 1.29 is 4.74 Å². The van der Waals surface area contributed by atoms with Crippen molar-refractivity contribution in [3.8, 4) is 0 Å². The molecule has 0 aliphatic carbocycles. The van der Waals surface area contributed by atoms with Gasteiger partial charge in [-0.3, -0.25) is 4.98 Å². The fourth-order valence-corrected chi connectivity index (χ4v) is 3.39. The number of anilines is 1. The molecule has 25 heavy (non-hydrogen) atoms. The fraction of sp³-hybridized carbons (Fsp3) is 0.368. The molecule has 1 aliphatic rings. The van der Waals surface area contributed by atoms with E-state index in [4.69, 9.17) is 28.6 Å². The van der Waals surface area contributed by atoms with Crippen LogP contribution in [-0.4, -0.2) is 34.3 Å². The van der Waals surface area contributed by atoms with Crippen LogP contribution in [0, 0.1) is 6.92 Å². The molecule has 1 atom stereocenters. The van der Waals surface area contributed by atoms with Crippen molar-refractivity contribution in [1.82, 2.24) is 9.88 Å². The van der Waals surface area contributed by atoms with Gasteiger partial charge in [-0.2, -0.15) is 0 Å². The lowest BCUT2D eigenvalue weighted by Gasteiger charge is -2.28. The zero-order valence-corrected chi connectivity index (χ0v) is 15.8. The normalized spacial score (nSPS) is 16.6. The van der Waals surface area contributed by atoms with E-state index in [9.17, 15) is 0 Å². The highest BCUT2D eigenvalue weighted by atomic mass is 35.5. The van der Waals surface area contributed by atoms with E-state index in [0.29, 0.717) is 16.7 Å². The van der Waals surface area contributed by atoms with Crippen molar-refractivity contribution >= 4 is 34.6 Å². The van der Waals surface area contributed by atoms with Gasteiger partial charge in [0, 0.05) is 19.3 Å². The molecule has 0 unspecified atom stereocenters. The lowest BCUT2D eigenvalue weighted by atomic mass is 10.2. The summed E-state index contributed by atoms with van der Waals surface area (Å²) < 4.78 is 5.79. The molecule has 1 N–H and O–H groups in total. The first-order valence-electron chi connectivity index (χ1n) is 8.45. The molecule has 3 rings (SSSR count). The second-order valence-corrected chi connectivity index (χ2v) is 7.04. The average Bonchev–Trinajstić information content (AvgIpc) is 3.11. The summed E-state index contributed by atoms with van der Waals surface area (Å²) in [6.07, 6.45) is 4.17. The first-order valence-corrected chi connectivity index (χ1v) is 9.24. The number of halogens is 1. The highest BCUT2D eigenvalue weighted by Crippen LogP contribution is 2.24. The number of ether oxygens (including phenoxy) is 1. The monoisotopic (exact) mass is 375 g/mol. The molecule has 4 nitrogen and oxygen atoms in total. The van der Waals surface area contributed by atoms with Crippen molar-refractivity contribution in [3.63, 3.8) is 0 Å². The third-order valence-corrected chi connectivity index (χ3v) is 4.85. The van der Waals surface area contributed by atoms with E-state index in [0.717, 1.165) is 42.9 Å². The first kappa shape index (κ1) is 18.1. The van der Waals surface area contributed by atoms with E-state index < -0.39 is 0 Å². The van der Waals surface area contributed by atoms with Crippen LogP contribution in [0.25, 0.3) is 0 Å². The number of nitrogens with one attached hydrogen (secondary N) is 1. The molecule has 0 bridgehead atoms. The lowest BCUT2D eigenvalue weighted by molar-refractivity contribution is 0.0903.